The highest BCUT2D eigenvalue weighted by Crippen LogP contribution is 2.23. The second-order valence-corrected chi connectivity index (χ2v) is 5.84. The van der Waals surface area contributed by atoms with Gasteiger partial charge in [-0.1, -0.05) is 18.2 Å². The lowest BCUT2D eigenvalue weighted by molar-refractivity contribution is -0.301. The quantitative estimate of drug-likeness (QED) is 0.486. The summed E-state index contributed by atoms with van der Waals surface area (Å²) in [5.41, 5.74) is 1.12. The summed E-state index contributed by atoms with van der Waals surface area (Å²) in [6, 6.07) is 7.81. The Labute approximate surface area is 141 Å². The van der Waals surface area contributed by atoms with E-state index in [2.05, 4.69) is 0 Å². The van der Waals surface area contributed by atoms with Crippen LogP contribution in [0.1, 0.15) is 18.4 Å². The summed E-state index contributed by atoms with van der Waals surface area (Å²) in [5.74, 6) is 0.854. The molecule has 1 aromatic carbocycles. The highest BCUT2D eigenvalue weighted by molar-refractivity contribution is 5.33. The first kappa shape index (κ1) is 19.1. The van der Waals surface area contributed by atoms with Crippen LogP contribution in [0.25, 0.3) is 0 Å². The van der Waals surface area contributed by atoms with Crippen LogP contribution >= 0.6 is 0 Å². The molecular formula is C17H26O7. The smallest absolute Gasteiger partial charge is 0.186 e. The van der Waals surface area contributed by atoms with Gasteiger partial charge in [-0.15, -0.1) is 0 Å². The van der Waals surface area contributed by atoms with Crippen molar-refractivity contribution in [3.8, 4) is 5.75 Å². The summed E-state index contributed by atoms with van der Waals surface area (Å²) < 4.78 is 16.0. The first-order chi connectivity index (χ1) is 11.6. The van der Waals surface area contributed by atoms with E-state index in [0.29, 0.717) is 6.61 Å². The van der Waals surface area contributed by atoms with Gasteiger partial charge < -0.3 is 34.6 Å². The fraction of sp³-hybridized carbons (Fsp3) is 0.647. The molecule has 136 valence electrons. The summed E-state index contributed by atoms with van der Waals surface area (Å²) in [5, 5.41) is 38.4. The number of unbranched alkanes of at least 4 members (excludes halogenated alkanes) is 1. The molecule has 0 bridgehead atoms. The molecule has 1 aliphatic heterocycles. The van der Waals surface area contributed by atoms with E-state index >= 15 is 0 Å². The number of para-hydroxylation sites is 1. The van der Waals surface area contributed by atoms with Gasteiger partial charge in [-0.2, -0.15) is 0 Å². The molecule has 1 saturated heterocycles. The van der Waals surface area contributed by atoms with Crippen molar-refractivity contribution in [2.24, 2.45) is 0 Å². The normalized spacial score (nSPS) is 30.3. The number of rotatable bonds is 8. The Morgan fingerprint density at radius 1 is 1.04 bits per heavy atom. The lowest BCUT2D eigenvalue weighted by Gasteiger charge is -2.39. The molecule has 1 fully saturated rings. The van der Waals surface area contributed by atoms with Gasteiger partial charge in [0.1, 0.15) is 30.2 Å². The monoisotopic (exact) mass is 342 g/mol. The van der Waals surface area contributed by atoms with Gasteiger partial charge >= 0.3 is 0 Å². The van der Waals surface area contributed by atoms with Crippen LogP contribution in [0.3, 0.4) is 0 Å². The molecule has 0 aromatic heterocycles. The fourth-order valence-electron chi connectivity index (χ4n) is 2.73. The van der Waals surface area contributed by atoms with Gasteiger partial charge in [0.25, 0.3) is 0 Å². The predicted octanol–water partition coefficient (Wildman–Crippen LogP) is -0.166. The van der Waals surface area contributed by atoms with Crippen LogP contribution in [0.15, 0.2) is 24.3 Å². The maximum Gasteiger partial charge on any atom is 0.186 e. The maximum absolute atomic E-state index is 9.87. The molecule has 7 heteroatoms. The van der Waals surface area contributed by atoms with Gasteiger partial charge in [0.15, 0.2) is 6.29 Å². The lowest BCUT2D eigenvalue weighted by atomic mass is 9.99. The Morgan fingerprint density at radius 2 is 1.79 bits per heavy atom. The van der Waals surface area contributed by atoms with E-state index < -0.39 is 37.3 Å². The van der Waals surface area contributed by atoms with Gasteiger partial charge in [-0.25, -0.2) is 0 Å². The molecule has 5 unspecified atom stereocenters. The minimum Gasteiger partial charge on any atom is -0.496 e. The van der Waals surface area contributed by atoms with Crippen molar-refractivity contribution in [2.45, 2.75) is 50.0 Å². The maximum atomic E-state index is 9.87. The number of hydrogen-bond donors (Lipinski definition) is 4. The van der Waals surface area contributed by atoms with Crippen LogP contribution < -0.4 is 4.74 Å². The fourth-order valence-corrected chi connectivity index (χ4v) is 2.73. The zero-order valence-electron chi connectivity index (χ0n) is 13.7. The first-order valence-corrected chi connectivity index (χ1v) is 8.12. The molecule has 24 heavy (non-hydrogen) atoms. The second-order valence-electron chi connectivity index (χ2n) is 5.84. The zero-order chi connectivity index (χ0) is 17.5. The number of aliphatic hydroxyl groups is 4. The van der Waals surface area contributed by atoms with Gasteiger partial charge in [-0.05, 0) is 30.9 Å². The van der Waals surface area contributed by atoms with Gasteiger partial charge in [0.05, 0.1) is 13.7 Å². The summed E-state index contributed by atoms with van der Waals surface area (Å²) in [6.45, 7) is -0.129. The van der Waals surface area contributed by atoms with Crippen molar-refractivity contribution in [1.29, 1.82) is 0 Å². The number of benzene rings is 1. The van der Waals surface area contributed by atoms with Crippen LogP contribution in [0.2, 0.25) is 0 Å². The third-order valence-electron chi connectivity index (χ3n) is 4.16. The molecule has 2 rings (SSSR count). The van der Waals surface area contributed by atoms with E-state index in [-0.39, 0.29) is 0 Å². The Kier molecular flexibility index (Phi) is 7.41. The van der Waals surface area contributed by atoms with Crippen molar-refractivity contribution in [3.63, 3.8) is 0 Å². The van der Waals surface area contributed by atoms with Crippen molar-refractivity contribution in [3.05, 3.63) is 29.8 Å². The van der Waals surface area contributed by atoms with Crippen LogP contribution in [-0.2, 0) is 15.9 Å². The minimum atomic E-state index is -1.41. The number of methoxy groups -OCH3 is 1. The molecule has 0 saturated carbocycles. The molecule has 5 atom stereocenters. The molecule has 0 amide bonds. The Morgan fingerprint density at radius 3 is 2.50 bits per heavy atom. The summed E-state index contributed by atoms with van der Waals surface area (Å²) in [6.07, 6.45) is -3.71. The molecule has 1 aliphatic rings. The van der Waals surface area contributed by atoms with E-state index in [1.54, 1.807) is 7.11 Å². The summed E-state index contributed by atoms with van der Waals surface area (Å²) >= 11 is 0. The van der Waals surface area contributed by atoms with E-state index in [1.807, 2.05) is 24.3 Å². The largest absolute Gasteiger partial charge is 0.496 e. The summed E-state index contributed by atoms with van der Waals surface area (Å²) in [4.78, 5) is 0. The molecular weight excluding hydrogens is 316 g/mol. The van der Waals surface area contributed by atoms with E-state index in [1.165, 1.54) is 0 Å². The first-order valence-electron chi connectivity index (χ1n) is 8.12. The number of aliphatic hydroxyl groups excluding tert-OH is 4. The van der Waals surface area contributed by atoms with Gasteiger partial charge in [-0.3, -0.25) is 0 Å². The minimum absolute atomic E-state index is 0.331. The molecule has 0 spiro atoms. The molecule has 1 aromatic rings. The molecule has 1 heterocycles. The van der Waals surface area contributed by atoms with Gasteiger partial charge in [0.2, 0.25) is 0 Å². The molecule has 7 nitrogen and oxygen atoms in total. The zero-order valence-corrected chi connectivity index (χ0v) is 13.7. The molecule has 4 N–H and O–H groups in total. The van der Waals surface area contributed by atoms with Gasteiger partial charge in [0, 0.05) is 6.61 Å². The highest BCUT2D eigenvalue weighted by Gasteiger charge is 2.43. The van der Waals surface area contributed by atoms with E-state index in [9.17, 15) is 15.3 Å². The average Bonchev–Trinajstić information content (AvgIpc) is 2.61. The van der Waals surface area contributed by atoms with Crippen molar-refractivity contribution < 1.29 is 34.6 Å². The third kappa shape index (κ3) is 4.66. The number of hydrogen-bond acceptors (Lipinski definition) is 7. The van der Waals surface area contributed by atoms with Crippen LogP contribution in [0.4, 0.5) is 0 Å². The average molecular weight is 342 g/mol. The standard InChI is InChI=1S/C17H26O7/c1-22-12-8-3-2-6-11(12)7-4-5-9-23-17-16(21)15(20)14(19)13(10-18)24-17/h2-3,6,8,13-21H,4-5,7,9-10H2,1H3. The van der Waals surface area contributed by atoms with Crippen LogP contribution in [0, 0.1) is 0 Å². The lowest BCUT2D eigenvalue weighted by Crippen LogP contribution is -2.59. The van der Waals surface area contributed by atoms with Crippen molar-refractivity contribution >= 4 is 0 Å². The van der Waals surface area contributed by atoms with Crippen molar-refractivity contribution in [1.82, 2.24) is 0 Å². The van der Waals surface area contributed by atoms with Crippen LogP contribution in [0.5, 0.6) is 5.75 Å². The molecule has 0 radical (unpaired) electrons. The number of ether oxygens (including phenoxy) is 3. The third-order valence-corrected chi connectivity index (χ3v) is 4.16. The second kappa shape index (κ2) is 9.31. The Hall–Kier alpha value is -1.22. The van der Waals surface area contributed by atoms with Crippen molar-refractivity contribution in [2.75, 3.05) is 20.3 Å². The molecule has 0 aliphatic carbocycles. The Bertz CT molecular complexity index is 494. The SMILES string of the molecule is COc1ccccc1CCCCOC1OC(CO)C(O)C(O)C1O. The predicted molar refractivity (Wildman–Crippen MR) is 85.7 cm³/mol. The van der Waals surface area contributed by atoms with E-state index in [0.717, 1.165) is 30.6 Å². The van der Waals surface area contributed by atoms with Crippen LogP contribution in [-0.4, -0.2) is 71.5 Å². The highest BCUT2D eigenvalue weighted by atomic mass is 16.7. The summed E-state index contributed by atoms with van der Waals surface area (Å²) in [7, 11) is 1.64. The van der Waals surface area contributed by atoms with E-state index in [4.69, 9.17) is 19.3 Å². The Balaban J connectivity index is 1.73. The number of aryl methyl sites for hydroxylation is 1. The topological polar surface area (TPSA) is 109 Å².